The Bertz CT molecular complexity index is 1170. The lowest BCUT2D eigenvalue weighted by Gasteiger charge is -2.30. The summed E-state index contributed by atoms with van der Waals surface area (Å²) in [6.45, 7) is 10.2. The first-order valence-corrected chi connectivity index (χ1v) is 12.0. The van der Waals surface area contributed by atoms with Gasteiger partial charge in [0.05, 0.1) is 17.9 Å². The summed E-state index contributed by atoms with van der Waals surface area (Å²) >= 11 is 1.54. The summed E-state index contributed by atoms with van der Waals surface area (Å²) in [5, 5.41) is 9.38. The molecule has 1 atom stereocenters. The van der Waals surface area contributed by atoms with E-state index in [1.807, 2.05) is 56.3 Å². The second kappa shape index (κ2) is 9.79. The molecule has 0 N–H and O–H groups in total. The summed E-state index contributed by atoms with van der Waals surface area (Å²) in [6, 6.07) is 13.5. The highest BCUT2D eigenvalue weighted by Gasteiger charge is 2.36. The number of benzene rings is 2. The Hall–Kier alpha value is -3.13. The molecule has 0 saturated heterocycles. The third-order valence-electron chi connectivity index (χ3n) is 5.13. The van der Waals surface area contributed by atoms with E-state index in [1.165, 1.54) is 18.7 Å². The van der Waals surface area contributed by atoms with Crippen LogP contribution >= 0.6 is 11.8 Å². The normalized spacial score (nSPS) is 14.8. The van der Waals surface area contributed by atoms with Gasteiger partial charge in [-0.15, -0.1) is 10.2 Å². The van der Waals surface area contributed by atoms with Crippen molar-refractivity contribution in [2.24, 2.45) is 5.92 Å². The Morgan fingerprint density at radius 3 is 2.73 bits per heavy atom. The van der Waals surface area contributed by atoms with E-state index in [1.54, 1.807) is 4.90 Å². The third kappa shape index (κ3) is 4.80. The molecule has 2 aromatic carbocycles. The molecule has 8 heteroatoms. The Labute approximate surface area is 198 Å². The number of anilines is 1. The Morgan fingerprint density at radius 2 is 2.00 bits per heavy atom. The van der Waals surface area contributed by atoms with Crippen LogP contribution in [0.5, 0.6) is 11.6 Å². The number of thioether (sulfide) groups is 1. The van der Waals surface area contributed by atoms with E-state index in [4.69, 9.17) is 14.5 Å². The molecular formula is C25H28N4O3S. The second-order valence-electron chi connectivity index (χ2n) is 8.30. The molecule has 1 aromatic heterocycles. The number of aryl methyl sites for hydroxylation is 1. The van der Waals surface area contributed by atoms with Crippen LogP contribution in [0.1, 0.15) is 45.0 Å². The average molecular weight is 465 g/mol. The van der Waals surface area contributed by atoms with Gasteiger partial charge in [-0.25, -0.2) is 0 Å². The SMILES string of the molecule is CCOc1ccccc1[C@H]1Oc2nc(SCC(C)C)nnc2-c2cc(C)ccc2N1C(C)=O. The highest BCUT2D eigenvalue weighted by molar-refractivity contribution is 7.99. The highest BCUT2D eigenvalue weighted by Crippen LogP contribution is 2.45. The van der Waals surface area contributed by atoms with Crippen molar-refractivity contribution in [3.63, 3.8) is 0 Å². The van der Waals surface area contributed by atoms with Gasteiger partial charge in [-0.2, -0.15) is 4.98 Å². The number of hydrogen-bond acceptors (Lipinski definition) is 7. The zero-order valence-corrected chi connectivity index (χ0v) is 20.3. The van der Waals surface area contributed by atoms with E-state index in [2.05, 4.69) is 24.0 Å². The fourth-order valence-electron chi connectivity index (χ4n) is 3.69. The van der Waals surface area contributed by atoms with Crippen LogP contribution in [-0.2, 0) is 4.79 Å². The van der Waals surface area contributed by atoms with Crippen LogP contribution in [-0.4, -0.2) is 33.4 Å². The summed E-state index contributed by atoms with van der Waals surface area (Å²) in [4.78, 5) is 19.3. The number of hydrogen-bond donors (Lipinski definition) is 0. The van der Waals surface area contributed by atoms with E-state index in [-0.39, 0.29) is 5.91 Å². The van der Waals surface area contributed by atoms with Gasteiger partial charge in [0, 0.05) is 18.2 Å². The van der Waals surface area contributed by atoms with E-state index < -0.39 is 6.23 Å². The summed E-state index contributed by atoms with van der Waals surface area (Å²) in [5.74, 6) is 2.20. The molecule has 0 fully saturated rings. The molecule has 172 valence electrons. The first-order chi connectivity index (χ1) is 15.9. The number of carbonyl (C=O) groups is 1. The molecule has 0 bridgehead atoms. The number of fused-ring (bicyclic) bond motifs is 3. The average Bonchev–Trinajstić information content (AvgIpc) is 2.92. The zero-order chi connectivity index (χ0) is 23.5. The number of para-hydroxylation sites is 1. The van der Waals surface area contributed by atoms with Gasteiger partial charge >= 0.3 is 0 Å². The highest BCUT2D eigenvalue weighted by atomic mass is 32.2. The molecule has 4 rings (SSSR count). The molecule has 0 saturated carbocycles. The van der Waals surface area contributed by atoms with Gasteiger partial charge in [-0.05, 0) is 44.0 Å². The first kappa shape index (κ1) is 23.0. The Kier molecular flexibility index (Phi) is 6.83. The van der Waals surface area contributed by atoms with E-state index in [0.717, 1.165) is 22.4 Å². The lowest BCUT2D eigenvalue weighted by molar-refractivity contribution is -0.118. The van der Waals surface area contributed by atoms with Gasteiger partial charge in [0.15, 0.2) is 5.69 Å². The van der Waals surface area contributed by atoms with Crippen LogP contribution < -0.4 is 14.4 Å². The topological polar surface area (TPSA) is 77.4 Å². The second-order valence-corrected chi connectivity index (χ2v) is 9.29. The van der Waals surface area contributed by atoms with Crippen molar-refractivity contribution in [1.82, 2.24) is 15.2 Å². The maximum atomic E-state index is 13.0. The maximum Gasteiger partial charge on any atom is 0.247 e. The fraction of sp³-hybridized carbons (Fsp3) is 0.360. The van der Waals surface area contributed by atoms with Gasteiger partial charge in [0.25, 0.3) is 0 Å². The van der Waals surface area contributed by atoms with Gasteiger partial charge in [-0.3, -0.25) is 9.69 Å². The molecule has 0 spiro atoms. The number of ether oxygens (including phenoxy) is 2. The van der Waals surface area contributed by atoms with Crippen LogP contribution in [0.25, 0.3) is 11.3 Å². The standard InChI is InChI=1S/C25H28N4O3S/c1-6-31-21-10-8-7-9-18(21)24-29(17(5)30)20-12-11-16(4)13-19(20)22-23(32-24)26-25(28-27-22)33-14-15(2)3/h7-13,15,24H,6,14H2,1-5H3/t24-/m1/s1. The first-order valence-electron chi connectivity index (χ1n) is 11.1. The van der Waals surface area contributed by atoms with Crippen LogP contribution in [0.15, 0.2) is 47.6 Å². The van der Waals surface area contributed by atoms with Crippen LogP contribution in [0, 0.1) is 12.8 Å². The fourth-order valence-corrected chi connectivity index (χ4v) is 4.42. The molecule has 3 aromatic rings. The van der Waals surface area contributed by atoms with Crippen molar-refractivity contribution in [2.75, 3.05) is 17.3 Å². The number of aromatic nitrogens is 3. The van der Waals surface area contributed by atoms with E-state index in [0.29, 0.717) is 40.7 Å². The minimum Gasteiger partial charge on any atom is -0.493 e. The molecule has 1 amide bonds. The monoisotopic (exact) mass is 464 g/mol. The minimum absolute atomic E-state index is 0.161. The minimum atomic E-state index is -0.771. The van der Waals surface area contributed by atoms with Crippen LogP contribution in [0.4, 0.5) is 5.69 Å². The summed E-state index contributed by atoms with van der Waals surface area (Å²) in [5.41, 5.74) is 3.75. The molecule has 0 unspecified atom stereocenters. The Balaban J connectivity index is 1.92. The van der Waals surface area contributed by atoms with Crippen molar-refractivity contribution in [1.29, 1.82) is 0 Å². The summed E-state index contributed by atoms with van der Waals surface area (Å²) < 4.78 is 12.3. The predicted molar refractivity (Wildman–Crippen MR) is 130 cm³/mol. The lowest BCUT2D eigenvalue weighted by Crippen LogP contribution is -2.36. The third-order valence-corrected chi connectivity index (χ3v) is 6.39. The van der Waals surface area contributed by atoms with Gasteiger partial charge in [0.2, 0.25) is 23.2 Å². The number of amides is 1. The summed E-state index contributed by atoms with van der Waals surface area (Å²) in [7, 11) is 0. The molecule has 1 aliphatic rings. The van der Waals surface area contributed by atoms with Gasteiger partial charge in [-0.1, -0.05) is 49.4 Å². The van der Waals surface area contributed by atoms with Crippen molar-refractivity contribution >= 4 is 23.4 Å². The van der Waals surface area contributed by atoms with Crippen molar-refractivity contribution in [3.8, 4) is 22.9 Å². The molecule has 33 heavy (non-hydrogen) atoms. The van der Waals surface area contributed by atoms with E-state index >= 15 is 0 Å². The van der Waals surface area contributed by atoms with Crippen LogP contribution in [0.2, 0.25) is 0 Å². The number of nitrogens with zero attached hydrogens (tertiary/aromatic N) is 4. The lowest BCUT2D eigenvalue weighted by atomic mass is 10.0. The number of carbonyl (C=O) groups excluding carboxylic acids is 1. The van der Waals surface area contributed by atoms with Crippen molar-refractivity contribution < 1.29 is 14.3 Å². The zero-order valence-electron chi connectivity index (χ0n) is 19.5. The molecule has 7 nitrogen and oxygen atoms in total. The van der Waals surface area contributed by atoms with E-state index in [9.17, 15) is 4.79 Å². The largest absolute Gasteiger partial charge is 0.493 e. The predicted octanol–water partition coefficient (Wildman–Crippen LogP) is 5.44. The van der Waals surface area contributed by atoms with Gasteiger partial charge in [0.1, 0.15) is 5.75 Å². The smallest absolute Gasteiger partial charge is 0.247 e. The number of rotatable bonds is 6. The maximum absolute atomic E-state index is 13.0. The summed E-state index contributed by atoms with van der Waals surface area (Å²) in [6.07, 6.45) is -0.771. The quantitative estimate of drug-likeness (QED) is 0.450. The molecule has 0 radical (unpaired) electrons. The van der Waals surface area contributed by atoms with Crippen molar-refractivity contribution in [2.45, 2.75) is 46.0 Å². The molecule has 2 heterocycles. The molecule has 0 aliphatic carbocycles. The van der Waals surface area contributed by atoms with Crippen molar-refractivity contribution in [3.05, 3.63) is 53.6 Å². The van der Waals surface area contributed by atoms with Crippen LogP contribution in [0.3, 0.4) is 0 Å². The molecular weight excluding hydrogens is 436 g/mol. The molecule has 1 aliphatic heterocycles. The van der Waals surface area contributed by atoms with Gasteiger partial charge < -0.3 is 9.47 Å². The Morgan fingerprint density at radius 1 is 1.21 bits per heavy atom.